The zero-order valence-corrected chi connectivity index (χ0v) is 18.9. The Balaban J connectivity index is 1.67. The van der Waals surface area contributed by atoms with Crippen LogP contribution >= 0.6 is 43.6 Å². The molecule has 144 valence electrons. The van der Waals surface area contributed by atoms with Crippen molar-refractivity contribution in [1.29, 1.82) is 0 Å². The fourth-order valence-electron chi connectivity index (χ4n) is 2.56. The van der Waals surface area contributed by atoms with Crippen LogP contribution in [0.25, 0.3) is 0 Å². The molecule has 0 saturated carbocycles. The van der Waals surface area contributed by atoms with Crippen molar-refractivity contribution in [2.75, 3.05) is 11.1 Å². The lowest BCUT2D eigenvalue weighted by Gasteiger charge is -2.09. The highest BCUT2D eigenvalue weighted by molar-refractivity contribution is 9.11. The van der Waals surface area contributed by atoms with E-state index in [0.717, 1.165) is 26.0 Å². The normalized spacial score (nSPS) is 10.6. The van der Waals surface area contributed by atoms with E-state index < -0.39 is 0 Å². The van der Waals surface area contributed by atoms with Crippen LogP contribution in [0.1, 0.15) is 11.4 Å². The molecule has 0 spiro atoms. The second-order valence-electron chi connectivity index (χ2n) is 5.92. The van der Waals surface area contributed by atoms with Gasteiger partial charge in [0.25, 0.3) is 0 Å². The number of halogens is 2. The number of rotatable bonds is 8. The highest BCUT2D eigenvalue weighted by Crippen LogP contribution is 2.27. The predicted octanol–water partition coefficient (Wildman–Crippen LogP) is 5.31. The molecule has 28 heavy (non-hydrogen) atoms. The van der Waals surface area contributed by atoms with Crippen LogP contribution in [0.3, 0.4) is 0 Å². The van der Waals surface area contributed by atoms with Gasteiger partial charge in [0, 0.05) is 21.9 Å². The van der Waals surface area contributed by atoms with Crippen LogP contribution in [0.4, 0.5) is 5.69 Å². The second kappa shape index (κ2) is 10.0. The van der Waals surface area contributed by atoms with Gasteiger partial charge in [-0.2, -0.15) is 0 Å². The third-order valence-electron chi connectivity index (χ3n) is 3.85. The minimum Gasteiger partial charge on any atom is -0.324 e. The molecule has 0 bridgehead atoms. The highest BCUT2D eigenvalue weighted by atomic mass is 79.9. The first-order valence-electron chi connectivity index (χ1n) is 8.51. The van der Waals surface area contributed by atoms with Gasteiger partial charge >= 0.3 is 0 Å². The molecule has 0 saturated heterocycles. The molecule has 0 aliphatic heterocycles. The summed E-state index contributed by atoms with van der Waals surface area (Å²) < 4.78 is 3.72. The van der Waals surface area contributed by atoms with Gasteiger partial charge in [-0.15, -0.1) is 16.8 Å². The quantitative estimate of drug-likeness (QED) is 0.322. The van der Waals surface area contributed by atoms with Gasteiger partial charge in [-0.05, 0) is 39.7 Å². The maximum absolute atomic E-state index is 12.4. The number of hydrogen-bond acceptors (Lipinski definition) is 4. The topological polar surface area (TPSA) is 59.8 Å². The molecule has 0 radical (unpaired) electrons. The lowest BCUT2D eigenvalue weighted by molar-refractivity contribution is -0.113. The second-order valence-corrected chi connectivity index (χ2v) is 8.63. The SMILES string of the molecule is C=CCn1c(Cc2ccccc2)nnc1SCC(=O)Nc1cc(Br)ccc1Br. The van der Waals surface area contributed by atoms with Gasteiger partial charge in [-0.1, -0.05) is 64.1 Å². The first-order valence-corrected chi connectivity index (χ1v) is 11.1. The van der Waals surface area contributed by atoms with Crippen molar-refractivity contribution in [2.45, 2.75) is 18.1 Å². The predicted molar refractivity (Wildman–Crippen MR) is 121 cm³/mol. The summed E-state index contributed by atoms with van der Waals surface area (Å²) in [6.07, 6.45) is 2.49. The number of nitrogens with zero attached hydrogens (tertiary/aromatic N) is 3. The summed E-state index contributed by atoms with van der Waals surface area (Å²) in [5.74, 6) is 0.977. The summed E-state index contributed by atoms with van der Waals surface area (Å²) in [5.41, 5.74) is 1.88. The number of anilines is 1. The van der Waals surface area contributed by atoms with Crippen LogP contribution < -0.4 is 5.32 Å². The van der Waals surface area contributed by atoms with Gasteiger partial charge in [0.1, 0.15) is 5.82 Å². The van der Waals surface area contributed by atoms with E-state index in [2.05, 4.69) is 66.1 Å². The summed E-state index contributed by atoms with van der Waals surface area (Å²) in [7, 11) is 0. The monoisotopic (exact) mass is 520 g/mol. The number of carbonyl (C=O) groups is 1. The van der Waals surface area contributed by atoms with Crippen molar-refractivity contribution in [3.8, 4) is 0 Å². The van der Waals surface area contributed by atoms with Crippen LogP contribution in [0.5, 0.6) is 0 Å². The summed E-state index contributed by atoms with van der Waals surface area (Å²) in [6.45, 7) is 4.41. The molecule has 1 aromatic heterocycles. The molecule has 1 heterocycles. The molecule has 0 atom stereocenters. The van der Waals surface area contributed by atoms with Crippen molar-refractivity contribution in [3.05, 3.63) is 81.5 Å². The fourth-order valence-corrected chi connectivity index (χ4v) is 4.03. The standard InChI is InChI=1S/C20H18Br2N4OS/c1-2-10-26-18(11-14-6-4-3-5-7-14)24-25-20(26)28-13-19(27)23-17-12-15(21)8-9-16(17)22/h2-9,12H,1,10-11,13H2,(H,23,27). The summed E-state index contributed by atoms with van der Waals surface area (Å²) in [5, 5.41) is 12.2. The van der Waals surface area contributed by atoms with E-state index >= 15 is 0 Å². The van der Waals surface area contributed by atoms with E-state index in [1.54, 1.807) is 6.08 Å². The van der Waals surface area contributed by atoms with Crippen molar-refractivity contribution in [1.82, 2.24) is 14.8 Å². The van der Waals surface area contributed by atoms with Crippen LogP contribution in [-0.2, 0) is 17.8 Å². The number of nitrogens with one attached hydrogen (secondary N) is 1. The molecule has 1 amide bonds. The van der Waals surface area contributed by atoms with E-state index in [-0.39, 0.29) is 11.7 Å². The maximum atomic E-state index is 12.4. The number of thioether (sulfide) groups is 1. The lowest BCUT2D eigenvalue weighted by atomic mass is 10.1. The van der Waals surface area contributed by atoms with E-state index in [1.807, 2.05) is 41.0 Å². The van der Waals surface area contributed by atoms with Gasteiger partial charge in [0.05, 0.1) is 11.4 Å². The molecule has 1 N–H and O–H groups in total. The third kappa shape index (κ3) is 5.56. The molecule has 8 heteroatoms. The molecular formula is C20H18Br2N4OS. The molecular weight excluding hydrogens is 504 g/mol. The van der Waals surface area contributed by atoms with Crippen LogP contribution in [0.2, 0.25) is 0 Å². The van der Waals surface area contributed by atoms with Crippen molar-refractivity contribution >= 4 is 55.2 Å². The average molecular weight is 522 g/mol. The molecule has 0 fully saturated rings. The van der Waals surface area contributed by atoms with Gasteiger partial charge in [-0.3, -0.25) is 4.79 Å². The maximum Gasteiger partial charge on any atom is 0.234 e. The molecule has 0 aliphatic carbocycles. The minimum atomic E-state index is -0.110. The molecule has 3 aromatic rings. The third-order valence-corrected chi connectivity index (χ3v) is 6.00. The summed E-state index contributed by atoms with van der Waals surface area (Å²) in [6, 6.07) is 15.7. The van der Waals surface area contributed by atoms with Crippen molar-refractivity contribution < 1.29 is 4.79 Å². The Bertz CT molecular complexity index is 976. The summed E-state index contributed by atoms with van der Waals surface area (Å²) in [4.78, 5) is 12.4. The lowest BCUT2D eigenvalue weighted by Crippen LogP contribution is -2.15. The zero-order chi connectivity index (χ0) is 19.9. The van der Waals surface area contributed by atoms with E-state index in [4.69, 9.17) is 0 Å². The number of hydrogen-bond donors (Lipinski definition) is 1. The number of allylic oxidation sites excluding steroid dienone is 1. The number of amides is 1. The van der Waals surface area contributed by atoms with Crippen LogP contribution in [-0.4, -0.2) is 26.4 Å². The van der Waals surface area contributed by atoms with E-state index in [9.17, 15) is 4.79 Å². The van der Waals surface area contributed by atoms with Gasteiger partial charge < -0.3 is 9.88 Å². The van der Waals surface area contributed by atoms with Gasteiger partial charge in [0.15, 0.2) is 5.16 Å². The molecule has 5 nitrogen and oxygen atoms in total. The zero-order valence-electron chi connectivity index (χ0n) is 14.9. The Kier molecular flexibility index (Phi) is 7.47. The fraction of sp³-hybridized carbons (Fsp3) is 0.150. The van der Waals surface area contributed by atoms with Crippen molar-refractivity contribution in [2.24, 2.45) is 0 Å². The minimum absolute atomic E-state index is 0.110. The Labute approximate surface area is 184 Å². The Hall–Kier alpha value is -1.90. The van der Waals surface area contributed by atoms with Crippen LogP contribution in [0.15, 0.2) is 75.3 Å². The highest BCUT2D eigenvalue weighted by Gasteiger charge is 2.14. The van der Waals surface area contributed by atoms with Gasteiger partial charge in [-0.25, -0.2) is 0 Å². The van der Waals surface area contributed by atoms with E-state index in [1.165, 1.54) is 11.8 Å². The average Bonchev–Trinajstić information content (AvgIpc) is 3.06. The Morgan fingerprint density at radius 2 is 1.96 bits per heavy atom. The first-order chi connectivity index (χ1) is 13.6. The molecule has 0 unspecified atom stereocenters. The first kappa shape index (κ1) is 20.8. The van der Waals surface area contributed by atoms with Crippen molar-refractivity contribution in [3.63, 3.8) is 0 Å². The summed E-state index contributed by atoms with van der Waals surface area (Å²) >= 11 is 8.21. The Morgan fingerprint density at radius 3 is 2.71 bits per heavy atom. The number of aromatic nitrogens is 3. The Morgan fingerprint density at radius 1 is 1.18 bits per heavy atom. The molecule has 2 aromatic carbocycles. The molecule has 0 aliphatic rings. The number of benzene rings is 2. The smallest absolute Gasteiger partial charge is 0.234 e. The molecule has 3 rings (SSSR count). The van der Waals surface area contributed by atoms with Crippen LogP contribution in [0, 0.1) is 0 Å². The van der Waals surface area contributed by atoms with E-state index in [0.29, 0.717) is 18.1 Å². The largest absolute Gasteiger partial charge is 0.324 e. The number of carbonyl (C=O) groups excluding carboxylic acids is 1. The van der Waals surface area contributed by atoms with Gasteiger partial charge in [0.2, 0.25) is 5.91 Å².